The number of hydrogen-bond donors (Lipinski definition) is 1. The molecule has 0 aliphatic carbocycles. The Hall–Kier alpha value is -2.62. The van der Waals surface area contributed by atoms with Crippen molar-refractivity contribution < 1.29 is 4.74 Å². The second-order valence-corrected chi connectivity index (χ2v) is 7.06. The molecule has 1 aromatic carbocycles. The van der Waals surface area contributed by atoms with Crippen LogP contribution in [0.1, 0.15) is 16.4 Å². The van der Waals surface area contributed by atoms with Gasteiger partial charge < -0.3 is 10.5 Å². The summed E-state index contributed by atoms with van der Waals surface area (Å²) >= 11 is 2.67. The number of benzene rings is 1. The number of nitriles is 1. The Labute approximate surface area is 139 Å². The number of nitrogens with zero attached hydrogens (tertiary/aromatic N) is 1. The van der Waals surface area contributed by atoms with E-state index in [-0.39, 0.29) is 10.6 Å². The van der Waals surface area contributed by atoms with Crippen molar-refractivity contribution in [2.45, 2.75) is 5.92 Å². The maximum absolute atomic E-state index is 12.7. The molecule has 0 fully saturated rings. The molecule has 0 saturated carbocycles. The quantitative estimate of drug-likeness (QED) is 0.736. The molecule has 3 aromatic rings. The summed E-state index contributed by atoms with van der Waals surface area (Å²) in [5, 5.41) is 12.3. The number of hydrogen-bond acceptors (Lipinski definition) is 6. The molecular formula is C17H10N2O2S2. The van der Waals surface area contributed by atoms with Crippen LogP contribution in [0.25, 0.3) is 10.1 Å². The fourth-order valence-corrected chi connectivity index (χ4v) is 4.59. The van der Waals surface area contributed by atoms with Gasteiger partial charge in [-0.3, -0.25) is 4.79 Å². The first-order valence-electron chi connectivity index (χ1n) is 6.87. The van der Waals surface area contributed by atoms with Crippen LogP contribution < -0.4 is 15.2 Å². The van der Waals surface area contributed by atoms with Gasteiger partial charge in [0.1, 0.15) is 17.4 Å². The Morgan fingerprint density at radius 2 is 2.04 bits per heavy atom. The van der Waals surface area contributed by atoms with Crippen LogP contribution in [-0.2, 0) is 0 Å². The van der Waals surface area contributed by atoms with Crippen LogP contribution in [0.2, 0.25) is 0 Å². The van der Waals surface area contributed by atoms with Gasteiger partial charge in [-0.1, -0.05) is 29.5 Å². The molecule has 2 N–H and O–H groups in total. The second-order valence-electron chi connectivity index (χ2n) is 5.07. The van der Waals surface area contributed by atoms with Crippen molar-refractivity contribution in [3.8, 4) is 11.8 Å². The number of allylic oxidation sites excluding steroid dienone is 1. The van der Waals surface area contributed by atoms with E-state index in [0.29, 0.717) is 16.9 Å². The van der Waals surface area contributed by atoms with Crippen molar-refractivity contribution in [3.05, 3.63) is 73.2 Å². The van der Waals surface area contributed by atoms with Gasteiger partial charge in [-0.15, -0.1) is 11.3 Å². The molecule has 4 nitrogen and oxygen atoms in total. The SMILES string of the molecule is N#CC1=C(N)Oc2c(c(=O)sc3ccccc23)C1c1cccs1. The maximum atomic E-state index is 12.7. The van der Waals surface area contributed by atoms with Gasteiger partial charge >= 0.3 is 0 Å². The average Bonchev–Trinajstić information content (AvgIpc) is 3.08. The molecule has 112 valence electrons. The van der Waals surface area contributed by atoms with E-state index in [0.717, 1.165) is 15.0 Å². The molecule has 2 aromatic heterocycles. The van der Waals surface area contributed by atoms with Crippen molar-refractivity contribution >= 4 is 32.8 Å². The summed E-state index contributed by atoms with van der Waals surface area (Å²) in [7, 11) is 0. The van der Waals surface area contributed by atoms with Crippen molar-refractivity contribution in [2.75, 3.05) is 0 Å². The molecule has 1 atom stereocenters. The van der Waals surface area contributed by atoms with E-state index in [1.165, 1.54) is 22.7 Å². The first-order chi connectivity index (χ1) is 11.2. The van der Waals surface area contributed by atoms with E-state index in [1.54, 1.807) is 0 Å². The zero-order valence-electron chi connectivity index (χ0n) is 11.8. The van der Waals surface area contributed by atoms with E-state index in [2.05, 4.69) is 6.07 Å². The molecule has 0 amide bonds. The first-order valence-corrected chi connectivity index (χ1v) is 8.57. The zero-order chi connectivity index (χ0) is 16.0. The largest absolute Gasteiger partial charge is 0.439 e. The van der Waals surface area contributed by atoms with Crippen molar-refractivity contribution in [2.24, 2.45) is 5.73 Å². The summed E-state index contributed by atoms with van der Waals surface area (Å²) in [6.45, 7) is 0. The first kappa shape index (κ1) is 14.0. The highest BCUT2D eigenvalue weighted by atomic mass is 32.1. The number of fused-ring (bicyclic) bond motifs is 3. The highest BCUT2D eigenvalue weighted by molar-refractivity contribution is 7.16. The van der Waals surface area contributed by atoms with Crippen LogP contribution >= 0.6 is 22.7 Å². The lowest BCUT2D eigenvalue weighted by Gasteiger charge is -2.25. The average molecular weight is 338 g/mol. The van der Waals surface area contributed by atoms with Gasteiger partial charge in [-0.05, 0) is 23.6 Å². The molecule has 0 radical (unpaired) electrons. The van der Waals surface area contributed by atoms with Crippen LogP contribution in [0.5, 0.6) is 5.75 Å². The van der Waals surface area contributed by atoms with Gasteiger partial charge in [-0.2, -0.15) is 5.26 Å². The zero-order valence-corrected chi connectivity index (χ0v) is 13.4. The Morgan fingerprint density at radius 1 is 1.22 bits per heavy atom. The molecular weight excluding hydrogens is 328 g/mol. The van der Waals surface area contributed by atoms with E-state index < -0.39 is 5.92 Å². The van der Waals surface area contributed by atoms with Crippen LogP contribution in [0, 0.1) is 11.3 Å². The predicted molar refractivity (Wildman–Crippen MR) is 91.7 cm³/mol. The molecule has 23 heavy (non-hydrogen) atoms. The minimum atomic E-state index is -0.461. The minimum Gasteiger partial charge on any atom is -0.439 e. The van der Waals surface area contributed by atoms with Crippen molar-refractivity contribution in [1.82, 2.24) is 0 Å². The van der Waals surface area contributed by atoms with Crippen LogP contribution in [0.4, 0.5) is 0 Å². The van der Waals surface area contributed by atoms with Crippen molar-refractivity contribution in [3.63, 3.8) is 0 Å². The van der Waals surface area contributed by atoms with Gasteiger partial charge in [0.15, 0.2) is 0 Å². The molecule has 0 spiro atoms. The van der Waals surface area contributed by atoms with Crippen molar-refractivity contribution in [1.29, 1.82) is 5.26 Å². The van der Waals surface area contributed by atoms with Crippen LogP contribution in [-0.4, -0.2) is 0 Å². The van der Waals surface area contributed by atoms with Gasteiger partial charge in [0.2, 0.25) is 10.6 Å². The highest BCUT2D eigenvalue weighted by Crippen LogP contribution is 2.45. The summed E-state index contributed by atoms with van der Waals surface area (Å²) in [6.07, 6.45) is 0. The van der Waals surface area contributed by atoms with E-state index in [9.17, 15) is 10.1 Å². The molecule has 0 bridgehead atoms. The predicted octanol–water partition coefficient (Wildman–Crippen LogP) is 3.54. The summed E-state index contributed by atoms with van der Waals surface area (Å²) in [5.74, 6) is 0.0792. The monoisotopic (exact) mass is 338 g/mol. The van der Waals surface area contributed by atoms with Gasteiger partial charge in [0.25, 0.3) is 0 Å². The molecule has 1 unspecified atom stereocenters. The van der Waals surface area contributed by atoms with Crippen LogP contribution in [0.15, 0.2) is 58.0 Å². The van der Waals surface area contributed by atoms with E-state index in [1.807, 2.05) is 41.8 Å². The third-order valence-corrected chi connectivity index (χ3v) is 5.72. The lowest BCUT2D eigenvalue weighted by molar-refractivity contribution is 0.398. The lowest BCUT2D eigenvalue weighted by Crippen LogP contribution is -2.25. The number of ether oxygens (including phenoxy) is 1. The molecule has 1 aliphatic rings. The minimum absolute atomic E-state index is 0.0687. The third kappa shape index (κ3) is 2.05. The third-order valence-electron chi connectivity index (χ3n) is 3.80. The Morgan fingerprint density at radius 3 is 2.78 bits per heavy atom. The summed E-state index contributed by atoms with van der Waals surface area (Å²) in [6, 6.07) is 13.5. The smallest absolute Gasteiger partial charge is 0.240 e. The molecule has 3 heterocycles. The number of nitrogens with two attached hydrogens (primary N) is 1. The standard InChI is InChI=1S/C17H10N2O2S2/c18-8-10-13(12-6-3-7-22-12)14-15(21-16(10)19)9-4-1-2-5-11(9)23-17(14)20/h1-7,13H,19H2. The highest BCUT2D eigenvalue weighted by Gasteiger charge is 2.34. The summed E-state index contributed by atoms with van der Waals surface area (Å²) in [5.41, 5.74) is 6.78. The fourth-order valence-electron chi connectivity index (χ4n) is 2.81. The van der Waals surface area contributed by atoms with Crippen LogP contribution in [0.3, 0.4) is 0 Å². The van der Waals surface area contributed by atoms with E-state index in [4.69, 9.17) is 10.5 Å². The number of rotatable bonds is 1. The Bertz CT molecular complexity index is 1040. The lowest BCUT2D eigenvalue weighted by atomic mass is 9.89. The second kappa shape index (κ2) is 5.23. The molecule has 4 rings (SSSR count). The molecule has 0 saturated heterocycles. The van der Waals surface area contributed by atoms with Gasteiger partial charge in [-0.25, -0.2) is 0 Å². The Kier molecular flexibility index (Phi) is 3.18. The summed E-state index contributed by atoms with van der Waals surface area (Å²) < 4.78 is 6.45. The van der Waals surface area contributed by atoms with Gasteiger partial charge in [0.05, 0.1) is 11.5 Å². The normalized spacial score (nSPS) is 16.7. The number of thiophene rings is 1. The molecule has 6 heteroatoms. The summed E-state index contributed by atoms with van der Waals surface area (Å²) in [4.78, 5) is 13.6. The molecule has 1 aliphatic heterocycles. The maximum Gasteiger partial charge on any atom is 0.240 e. The fraction of sp³-hybridized carbons (Fsp3) is 0.0588. The Balaban J connectivity index is 2.11. The van der Waals surface area contributed by atoms with E-state index >= 15 is 0 Å². The van der Waals surface area contributed by atoms with Gasteiger partial charge in [0, 0.05) is 15.0 Å². The topological polar surface area (TPSA) is 76.1 Å².